The third-order valence-electron chi connectivity index (χ3n) is 5.50. The Labute approximate surface area is 173 Å². The van der Waals surface area contributed by atoms with Crippen molar-refractivity contribution in [1.82, 2.24) is 0 Å². The summed E-state index contributed by atoms with van der Waals surface area (Å²) >= 11 is 0. The molecule has 1 nitrogen and oxygen atoms in total. The molecule has 1 aromatic carbocycles. The normalized spacial score (nSPS) is 13.4. The van der Waals surface area contributed by atoms with Gasteiger partial charge in [0.05, 0.1) is 0 Å². The van der Waals surface area contributed by atoms with Crippen LogP contribution in [-0.4, -0.2) is 5.78 Å². The molecule has 0 aliphatic rings. The van der Waals surface area contributed by atoms with Crippen molar-refractivity contribution >= 4 is 11.9 Å². The van der Waals surface area contributed by atoms with Gasteiger partial charge in [0.15, 0.2) is 0 Å². The number of hydrogen-bond acceptors (Lipinski definition) is 1. The van der Waals surface area contributed by atoms with Gasteiger partial charge in [0.25, 0.3) is 0 Å². The standard InChI is InChI=1S/C27H40O/c1-7-22(6)14-12-10-11-13-15-27(28)25(9-3)19-23-16-17-24(8-2)26(20-23)18-21(4)5/h8,12,14,16-17,20,22,25H,2,4,7,9-11,13,15,18-19H2,1,3,5-6H3/b14-12+. The van der Waals surface area contributed by atoms with Crippen molar-refractivity contribution in [3.63, 3.8) is 0 Å². The average molecular weight is 381 g/mol. The van der Waals surface area contributed by atoms with Crippen LogP contribution in [0.2, 0.25) is 0 Å². The number of ketones is 1. The summed E-state index contributed by atoms with van der Waals surface area (Å²) < 4.78 is 0. The molecule has 0 amide bonds. The molecule has 0 N–H and O–H groups in total. The summed E-state index contributed by atoms with van der Waals surface area (Å²) in [4.78, 5) is 12.7. The minimum absolute atomic E-state index is 0.128. The van der Waals surface area contributed by atoms with Crippen LogP contribution in [0.4, 0.5) is 0 Å². The van der Waals surface area contributed by atoms with Crippen molar-refractivity contribution in [2.75, 3.05) is 0 Å². The molecule has 1 aromatic rings. The SMILES string of the molecule is C=Cc1ccc(CC(CC)C(=O)CCCC/C=C/C(C)CC)cc1CC(=C)C. The molecule has 0 aliphatic heterocycles. The lowest BCUT2D eigenvalue weighted by Gasteiger charge is -2.16. The van der Waals surface area contributed by atoms with Crippen molar-refractivity contribution < 1.29 is 4.79 Å². The van der Waals surface area contributed by atoms with Gasteiger partial charge in [-0.2, -0.15) is 0 Å². The van der Waals surface area contributed by atoms with Gasteiger partial charge in [-0.1, -0.05) is 82.4 Å². The zero-order valence-corrected chi connectivity index (χ0v) is 18.6. The van der Waals surface area contributed by atoms with Crippen LogP contribution in [0, 0.1) is 11.8 Å². The van der Waals surface area contributed by atoms with Gasteiger partial charge < -0.3 is 0 Å². The molecule has 0 radical (unpaired) electrons. The number of carbonyl (C=O) groups is 1. The second-order valence-corrected chi connectivity index (χ2v) is 8.21. The molecule has 0 heterocycles. The first-order valence-electron chi connectivity index (χ1n) is 11.0. The molecule has 154 valence electrons. The van der Waals surface area contributed by atoms with Crippen molar-refractivity contribution in [1.29, 1.82) is 0 Å². The Morgan fingerprint density at radius 3 is 2.54 bits per heavy atom. The molecule has 0 fully saturated rings. The van der Waals surface area contributed by atoms with Gasteiger partial charge in [0.1, 0.15) is 5.78 Å². The van der Waals surface area contributed by atoms with E-state index in [-0.39, 0.29) is 5.92 Å². The molecule has 1 rings (SSSR count). The Hall–Kier alpha value is -1.89. The van der Waals surface area contributed by atoms with E-state index in [9.17, 15) is 4.79 Å². The van der Waals surface area contributed by atoms with Crippen LogP contribution in [-0.2, 0) is 17.6 Å². The third-order valence-corrected chi connectivity index (χ3v) is 5.50. The van der Waals surface area contributed by atoms with Gasteiger partial charge in [-0.15, -0.1) is 0 Å². The molecule has 0 saturated carbocycles. The lowest BCUT2D eigenvalue weighted by atomic mass is 9.88. The maximum Gasteiger partial charge on any atom is 0.136 e. The lowest BCUT2D eigenvalue weighted by molar-refractivity contribution is -0.123. The Bertz CT molecular complexity index is 665. The Morgan fingerprint density at radius 1 is 1.18 bits per heavy atom. The molecule has 28 heavy (non-hydrogen) atoms. The minimum atomic E-state index is 0.128. The van der Waals surface area contributed by atoms with Gasteiger partial charge >= 0.3 is 0 Å². The van der Waals surface area contributed by atoms with Crippen LogP contribution < -0.4 is 0 Å². The summed E-state index contributed by atoms with van der Waals surface area (Å²) in [5.74, 6) is 1.21. The van der Waals surface area contributed by atoms with E-state index in [1.54, 1.807) is 0 Å². The first-order valence-corrected chi connectivity index (χ1v) is 11.0. The van der Waals surface area contributed by atoms with Crippen LogP contribution in [0.3, 0.4) is 0 Å². The molecule has 0 spiro atoms. The van der Waals surface area contributed by atoms with Crippen LogP contribution in [0.5, 0.6) is 0 Å². The Kier molecular flexibility index (Phi) is 11.5. The van der Waals surface area contributed by atoms with Gasteiger partial charge in [-0.05, 0) is 68.1 Å². The highest BCUT2D eigenvalue weighted by atomic mass is 16.1. The topological polar surface area (TPSA) is 17.1 Å². The number of allylic oxidation sites excluding steroid dienone is 3. The molecular formula is C27H40O. The molecule has 0 saturated heterocycles. The smallest absolute Gasteiger partial charge is 0.136 e. The maximum atomic E-state index is 12.7. The van der Waals surface area contributed by atoms with E-state index < -0.39 is 0 Å². The lowest BCUT2D eigenvalue weighted by Crippen LogP contribution is -2.16. The van der Waals surface area contributed by atoms with Gasteiger partial charge in [0.2, 0.25) is 0 Å². The van der Waals surface area contributed by atoms with E-state index in [0.29, 0.717) is 18.1 Å². The van der Waals surface area contributed by atoms with Gasteiger partial charge in [0, 0.05) is 12.3 Å². The zero-order valence-electron chi connectivity index (χ0n) is 18.6. The van der Waals surface area contributed by atoms with Crippen molar-refractivity contribution in [2.24, 2.45) is 11.8 Å². The fourth-order valence-corrected chi connectivity index (χ4v) is 3.46. The molecule has 1 heteroatoms. The van der Waals surface area contributed by atoms with Crippen LogP contribution >= 0.6 is 0 Å². The van der Waals surface area contributed by atoms with Crippen molar-refractivity contribution in [2.45, 2.75) is 79.1 Å². The Balaban J connectivity index is 2.58. The first kappa shape index (κ1) is 24.1. The number of carbonyl (C=O) groups excluding carboxylic acids is 1. The number of unbranched alkanes of at least 4 members (excludes halogenated alkanes) is 2. The molecular weight excluding hydrogens is 340 g/mol. The summed E-state index contributed by atoms with van der Waals surface area (Å²) in [6.45, 7) is 16.6. The monoisotopic (exact) mass is 380 g/mol. The highest BCUT2D eigenvalue weighted by Crippen LogP contribution is 2.22. The van der Waals surface area contributed by atoms with Crippen LogP contribution in [0.25, 0.3) is 6.08 Å². The highest BCUT2D eigenvalue weighted by molar-refractivity contribution is 5.81. The van der Waals surface area contributed by atoms with Gasteiger partial charge in [-0.25, -0.2) is 0 Å². The average Bonchev–Trinajstić information content (AvgIpc) is 2.67. The van der Waals surface area contributed by atoms with E-state index in [1.807, 2.05) is 6.08 Å². The summed E-state index contributed by atoms with van der Waals surface area (Å²) in [7, 11) is 0. The van der Waals surface area contributed by atoms with E-state index in [1.165, 1.54) is 17.5 Å². The van der Waals surface area contributed by atoms with Crippen molar-refractivity contribution in [3.05, 3.63) is 65.8 Å². The second-order valence-electron chi connectivity index (χ2n) is 8.21. The van der Waals surface area contributed by atoms with E-state index in [2.05, 4.69) is 71.2 Å². The van der Waals surface area contributed by atoms with E-state index in [4.69, 9.17) is 0 Å². The number of rotatable bonds is 14. The molecule has 0 aromatic heterocycles. The van der Waals surface area contributed by atoms with Crippen LogP contribution in [0.15, 0.2) is 49.1 Å². The zero-order chi connectivity index (χ0) is 20.9. The van der Waals surface area contributed by atoms with Crippen LogP contribution in [0.1, 0.15) is 82.9 Å². The van der Waals surface area contributed by atoms with E-state index >= 15 is 0 Å². The molecule has 2 atom stereocenters. The van der Waals surface area contributed by atoms with E-state index in [0.717, 1.165) is 49.7 Å². The second kappa shape index (κ2) is 13.3. The summed E-state index contributed by atoms with van der Waals surface area (Å²) in [5.41, 5.74) is 4.82. The maximum absolute atomic E-state index is 12.7. The first-order chi connectivity index (χ1) is 13.4. The Morgan fingerprint density at radius 2 is 1.93 bits per heavy atom. The fourth-order valence-electron chi connectivity index (χ4n) is 3.46. The fraction of sp³-hybridized carbons (Fsp3) is 0.519. The molecule has 2 unspecified atom stereocenters. The molecule has 0 bridgehead atoms. The molecule has 0 aliphatic carbocycles. The highest BCUT2D eigenvalue weighted by Gasteiger charge is 2.17. The quantitative estimate of drug-likeness (QED) is 0.238. The number of Topliss-reactive ketones (excluding diaryl/α,β-unsaturated/α-hetero) is 1. The van der Waals surface area contributed by atoms with Crippen molar-refractivity contribution in [3.8, 4) is 0 Å². The largest absolute Gasteiger partial charge is 0.299 e. The van der Waals surface area contributed by atoms with Gasteiger partial charge in [-0.3, -0.25) is 4.79 Å². The summed E-state index contributed by atoms with van der Waals surface area (Å²) in [6.07, 6.45) is 14.2. The predicted octanol–water partition coefficient (Wildman–Crippen LogP) is 7.75. The minimum Gasteiger partial charge on any atom is -0.299 e. The summed E-state index contributed by atoms with van der Waals surface area (Å²) in [5, 5.41) is 0. The predicted molar refractivity (Wildman–Crippen MR) is 125 cm³/mol. The number of hydrogen-bond donors (Lipinski definition) is 0. The summed E-state index contributed by atoms with van der Waals surface area (Å²) in [6, 6.07) is 6.51. The third kappa shape index (κ3) is 8.87. The number of benzene rings is 1.